The van der Waals surface area contributed by atoms with Gasteiger partial charge in [-0.15, -0.1) is 0 Å². The Balaban J connectivity index is 2.50. The van der Waals surface area contributed by atoms with Gasteiger partial charge < -0.3 is 0 Å². The van der Waals surface area contributed by atoms with E-state index in [4.69, 9.17) is 0 Å². The molecule has 0 radical (unpaired) electrons. The number of aromatic nitrogens is 3. The summed E-state index contributed by atoms with van der Waals surface area (Å²) in [6.07, 6.45) is 0. The molecule has 0 amide bonds. The molecule has 2 rings (SSSR count). The zero-order valence-corrected chi connectivity index (χ0v) is 8.96. The summed E-state index contributed by atoms with van der Waals surface area (Å²) in [6, 6.07) is 3.68. The van der Waals surface area contributed by atoms with Crippen LogP contribution in [0.3, 0.4) is 0 Å². The molecule has 16 heavy (non-hydrogen) atoms. The normalized spacial score (nSPS) is 11.1. The van der Waals surface area contributed by atoms with Crippen LogP contribution in [0.2, 0.25) is 0 Å². The van der Waals surface area contributed by atoms with Gasteiger partial charge >= 0.3 is 0 Å². The van der Waals surface area contributed by atoms with Crippen molar-refractivity contribution in [1.29, 1.82) is 0 Å². The Morgan fingerprint density at radius 1 is 1.19 bits per heavy atom. The first-order chi connectivity index (χ1) is 7.59. The number of nitrogens with one attached hydrogen (secondary N) is 1. The van der Waals surface area contributed by atoms with E-state index < -0.39 is 11.6 Å². The lowest BCUT2D eigenvalue weighted by Crippen LogP contribution is -1.92. The van der Waals surface area contributed by atoms with Crippen LogP contribution in [-0.4, -0.2) is 15.2 Å². The number of hydrogen-bond donors (Lipinski definition) is 1. The van der Waals surface area contributed by atoms with Gasteiger partial charge in [-0.25, -0.2) is 13.8 Å². The Bertz CT molecular complexity index is 485. The molecule has 1 aromatic heterocycles. The van der Waals surface area contributed by atoms with Crippen LogP contribution in [0.25, 0.3) is 11.4 Å². The third-order valence-electron chi connectivity index (χ3n) is 2.24. The van der Waals surface area contributed by atoms with E-state index in [1.807, 2.05) is 13.8 Å². The van der Waals surface area contributed by atoms with Crippen LogP contribution in [0.1, 0.15) is 25.6 Å². The Morgan fingerprint density at radius 3 is 2.31 bits per heavy atom. The second-order valence-corrected chi connectivity index (χ2v) is 3.80. The number of aromatic amines is 1. The van der Waals surface area contributed by atoms with Gasteiger partial charge in [-0.3, -0.25) is 5.10 Å². The van der Waals surface area contributed by atoms with Crippen LogP contribution in [0, 0.1) is 11.6 Å². The fourth-order valence-corrected chi connectivity index (χ4v) is 1.36. The summed E-state index contributed by atoms with van der Waals surface area (Å²) in [6.45, 7) is 3.84. The van der Waals surface area contributed by atoms with Crippen LogP contribution in [0.4, 0.5) is 8.78 Å². The van der Waals surface area contributed by atoms with Crippen LogP contribution in [-0.2, 0) is 0 Å². The first-order valence-electron chi connectivity index (χ1n) is 4.96. The minimum absolute atomic E-state index is 0.0549. The minimum Gasteiger partial charge on any atom is -0.262 e. The summed E-state index contributed by atoms with van der Waals surface area (Å²) >= 11 is 0. The minimum atomic E-state index is -0.658. The van der Waals surface area contributed by atoms with E-state index in [0.717, 1.165) is 0 Å². The van der Waals surface area contributed by atoms with E-state index in [0.29, 0.717) is 5.82 Å². The smallest absolute Gasteiger partial charge is 0.187 e. The van der Waals surface area contributed by atoms with Gasteiger partial charge in [0.05, 0.1) is 5.56 Å². The molecule has 0 saturated heterocycles. The van der Waals surface area contributed by atoms with Gasteiger partial charge in [0.1, 0.15) is 17.5 Å². The lowest BCUT2D eigenvalue weighted by molar-refractivity contribution is 0.587. The number of benzene rings is 1. The SMILES string of the molecule is CC(C)c1nc(-c2c(F)cccc2F)n[nH]1. The van der Waals surface area contributed by atoms with Gasteiger partial charge in [0, 0.05) is 5.92 Å². The van der Waals surface area contributed by atoms with E-state index in [1.54, 1.807) is 0 Å². The first-order valence-corrected chi connectivity index (χ1v) is 4.96. The summed E-state index contributed by atoms with van der Waals surface area (Å²) in [5.41, 5.74) is -0.189. The van der Waals surface area contributed by atoms with E-state index in [2.05, 4.69) is 15.2 Å². The number of nitrogens with zero attached hydrogens (tertiary/aromatic N) is 2. The molecule has 0 aliphatic heterocycles. The topological polar surface area (TPSA) is 41.6 Å². The van der Waals surface area contributed by atoms with E-state index in [1.165, 1.54) is 18.2 Å². The van der Waals surface area contributed by atoms with Gasteiger partial charge in [-0.1, -0.05) is 19.9 Å². The molecule has 5 heteroatoms. The van der Waals surface area contributed by atoms with Gasteiger partial charge in [0.2, 0.25) is 0 Å². The summed E-state index contributed by atoms with van der Waals surface area (Å²) < 4.78 is 26.8. The Labute approximate surface area is 91.5 Å². The maximum absolute atomic E-state index is 13.4. The highest BCUT2D eigenvalue weighted by atomic mass is 19.1. The van der Waals surface area contributed by atoms with Gasteiger partial charge in [-0.05, 0) is 12.1 Å². The third-order valence-corrected chi connectivity index (χ3v) is 2.24. The Kier molecular flexibility index (Phi) is 2.68. The predicted molar refractivity (Wildman–Crippen MR) is 55.8 cm³/mol. The number of rotatable bonds is 2. The van der Waals surface area contributed by atoms with Crippen molar-refractivity contribution >= 4 is 0 Å². The summed E-state index contributed by atoms with van der Waals surface area (Å²) in [5, 5.41) is 6.48. The molecule has 1 heterocycles. The third kappa shape index (κ3) is 1.80. The molecule has 0 aliphatic rings. The Hall–Kier alpha value is -1.78. The second-order valence-electron chi connectivity index (χ2n) is 3.80. The molecule has 0 saturated carbocycles. The highest BCUT2D eigenvalue weighted by Crippen LogP contribution is 2.23. The zero-order valence-electron chi connectivity index (χ0n) is 8.96. The van der Waals surface area contributed by atoms with Gasteiger partial charge in [0.15, 0.2) is 5.82 Å². The largest absolute Gasteiger partial charge is 0.262 e. The maximum atomic E-state index is 13.4. The number of hydrogen-bond acceptors (Lipinski definition) is 2. The predicted octanol–water partition coefficient (Wildman–Crippen LogP) is 2.87. The van der Waals surface area contributed by atoms with Crippen molar-refractivity contribution in [2.75, 3.05) is 0 Å². The van der Waals surface area contributed by atoms with Crippen molar-refractivity contribution in [2.45, 2.75) is 19.8 Å². The zero-order chi connectivity index (χ0) is 11.7. The standard InChI is InChI=1S/C11H11F2N3/c1-6(2)10-14-11(16-15-10)9-7(12)4-3-5-8(9)13/h3-6H,1-2H3,(H,14,15,16). The second kappa shape index (κ2) is 4.00. The van der Waals surface area contributed by atoms with Crippen molar-refractivity contribution in [3.8, 4) is 11.4 Å². The van der Waals surface area contributed by atoms with Crippen LogP contribution in [0.15, 0.2) is 18.2 Å². The quantitative estimate of drug-likeness (QED) is 0.850. The molecule has 3 nitrogen and oxygen atoms in total. The summed E-state index contributed by atoms with van der Waals surface area (Å²) in [7, 11) is 0. The summed E-state index contributed by atoms with van der Waals surface area (Å²) in [5.74, 6) is -0.517. The van der Waals surface area contributed by atoms with E-state index in [9.17, 15) is 8.78 Å². The molecule has 0 aliphatic carbocycles. The van der Waals surface area contributed by atoms with Crippen molar-refractivity contribution in [3.05, 3.63) is 35.7 Å². The number of halogens is 2. The molecule has 0 bridgehead atoms. The van der Waals surface area contributed by atoms with Crippen molar-refractivity contribution in [1.82, 2.24) is 15.2 Å². The van der Waals surface area contributed by atoms with Gasteiger partial charge in [0.25, 0.3) is 0 Å². The van der Waals surface area contributed by atoms with Crippen molar-refractivity contribution in [2.24, 2.45) is 0 Å². The monoisotopic (exact) mass is 223 g/mol. The van der Waals surface area contributed by atoms with Crippen LogP contribution >= 0.6 is 0 Å². The van der Waals surface area contributed by atoms with Crippen LogP contribution in [0.5, 0.6) is 0 Å². The molecule has 84 valence electrons. The van der Waals surface area contributed by atoms with Crippen molar-refractivity contribution < 1.29 is 8.78 Å². The van der Waals surface area contributed by atoms with E-state index in [-0.39, 0.29) is 17.3 Å². The first kappa shape index (κ1) is 10.7. The maximum Gasteiger partial charge on any atom is 0.187 e. The molecule has 0 fully saturated rings. The van der Waals surface area contributed by atoms with E-state index >= 15 is 0 Å². The molecular formula is C11H11F2N3. The number of H-pyrrole nitrogens is 1. The molecule has 2 aromatic rings. The molecule has 0 atom stereocenters. The molecular weight excluding hydrogens is 212 g/mol. The molecule has 1 N–H and O–H groups in total. The fraction of sp³-hybridized carbons (Fsp3) is 0.273. The fourth-order valence-electron chi connectivity index (χ4n) is 1.36. The summed E-state index contributed by atoms with van der Waals surface area (Å²) in [4.78, 5) is 4.06. The average Bonchev–Trinajstić information content (AvgIpc) is 2.66. The molecule has 1 aromatic carbocycles. The molecule has 0 spiro atoms. The highest BCUT2D eigenvalue weighted by molar-refractivity contribution is 5.56. The van der Waals surface area contributed by atoms with Crippen LogP contribution < -0.4 is 0 Å². The highest BCUT2D eigenvalue weighted by Gasteiger charge is 2.16. The lowest BCUT2D eigenvalue weighted by Gasteiger charge is -1.99. The van der Waals surface area contributed by atoms with Gasteiger partial charge in [-0.2, -0.15) is 5.10 Å². The lowest BCUT2D eigenvalue weighted by atomic mass is 10.2. The average molecular weight is 223 g/mol. The molecule has 0 unspecified atom stereocenters. The van der Waals surface area contributed by atoms with Crippen molar-refractivity contribution in [3.63, 3.8) is 0 Å². The Morgan fingerprint density at radius 2 is 1.81 bits per heavy atom.